The van der Waals surface area contributed by atoms with Crippen LogP contribution in [-0.2, 0) is 32.0 Å². The van der Waals surface area contributed by atoms with Crippen LogP contribution in [0.5, 0.6) is 0 Å². The minimum Gasteiger partial charge on any atom is -0.469 e. The van der Waals surface area contributed by atoms with Gasteiger partial charge in [0.15, 0.2) is 0 Å². The van der Waals surface area contributed by atoms with Crippen molar-refractivity contribution in [2.24, 2.45) is 0 Å². The van der Waals surface area contributed by atoms with Crippen molar-refractivity contribution in [3.63, 3.8) is 0 Å². The van der Waals surface area contributed by atoms with Crippen LogP contribution in [0.2, 0.25) is 0 Å². The number of benzene rings is 1. The Morgan fingerprint density at radius 3 is 2.46 bits per heavy atom. The molecule has 1 aromatic heterocycles. The molecule has 0 amide bonds. The number of hydrogen-bond acceptors (Lipinski definition) is 6. The van der Waals surface area contributed by atoms with Crippen molar-refractivity contribution in [1.82, 2.24) is 9.78 Å². The fourth-order valence-electron chi connectivity index (χ4n) is 2.23. The average Bonchev–Trinajstić information content (AvgIpc) is 2.50. The van der Waals surface area contributed by atoms with Crippen molar-refractivity contribution in [3.05, 3.63) is 40.2 Å². The van der Waals surface area contributed by atoms with Gasteiger partial charge in [-0.2, -0.15) is 5.10 Å². The minimum absolute atomic E-state index is 0.0316. The maximum atomic E-state index is 12.4. The maximum Gasteiger partial charge on any atom is 0.328 e. The van der Waals surface area contributed by atoms with Gasteiger partial charge in [0.25, 0.3) is 0 Å². The molecule has 24 heavy (non-hydrogen) atoms. The lowest BCUT2D eigenvalue weighted by Gasteiger charge is -2.20. The molecule has 128 valence electrons. The second-order valence-electron chi connectivity index (χ2n) is 6.29. The molecule has 0 unspecified atom stereocenters. The zero-order chi connectivity index (χ0) is 17.9. The van der Waals surface area contributed by atoms with Crippen LogP contribution in [0, 0.1) is 0 Å². The summed E-state index contributed by atoms with van der Waals surface area (Å²) in [6, 6.07) is 6.78. The number of methoxy groups -OCH3 is 1. The molecule has 7 nitrogen and oxygen atoms in total. The fraction of sp³-hybridized carbons (Fsp3) is 0.412. The van der Waals surface area contributed by atoms with Crippen molar-refractivity contribution in [2.45, 2.75) is 39.3 Å². The quantitative estimate of drug-likeness (QED) is 0.788. The zero-order valence-electron chi connectivity index (χ0n) is 14.2. The SMILES string of the molecule is COC(=O)Cc1nn(CC(=O)OC(C)(C)C)c2ccccc2c1=O. The highest BCUT2D eigenvalue weighted by molar-refractivity contribution is 5.81. The number of rotatable bonds is 4. The van der Waals surface area contributed by atoms with Gasteiger partial charge in [-0.05, 0) is 32.9 Å². The molecular formula is C17H20N2O5. The molecular weight excluding hydrogens is 312 g/mol. The van der Waals surface area contributed by atoms with E-state index in [1.54, 1.807) is 45.0 Å². The molecule has 0 aliphatic carbocycles. The van der Waals surface area contributed by atoms with Gasteiger partial charge < -0.3 is 9.47 Å². The van der Waals surface area contributed by atoms with Gasteiger partial charge >= 0.3 is 11.9 Å². The molecule has 0 aliphatic rings. The Balaban J connectivity index is 2.48. The van der Waals surface area contributed by atoms with Crippen molar-refractivity contribution in [1.29, 1.82) is 0 Å². The molecule has 0 N–H and O–H groups in total. The lowest BCUT2D eigenvalue weighted by atomic mass is 10.1. The van der Waals surface area contributed by atoms with Crippen LogP contribution in [-0.4, -0.2) is 34.4 Å². The van der Waals surface area contributed by atoms with Crippen molar-refractivity contribution < 1.29 is 19.1 Å². The van der Waals surface area contributed by atoms with Gasteiger partial charge in [-0.1, -0.05) is 12.1 Å². The average molecular weight is 332 g/mol. The summed E-state index contributed by atoms with van der Waals surface area (Å²) in [5.74, 6) is -1.05. The Morgan fingerprint density at radius 1 is 1.17 bits per heavy atom. The summed E-state index contributed by atoms with van der Waals surface area (Å²) in [5.41, 5.74) is -0.441. The highest BCUT2D eigenvalue weighted by atomic mass is 16.6. The predicted molar refractivity (Wildman–Crippen MR) is 87.6 cm³/mol. The van der Waals surface area contributed by atoms with Gasteiger partial charge in [-0.25, -0.2) is 0 Å². The third kappa shape index (κ3) is 4.18. The smallest absolute Gasteiger partial charge is 0.328 e. The molecule has 0 aliphatic heterocycles. The first kappa shape index (κ1) is 17.7. The van der Waals surface area contributed by atoms with Gasteiger partial charge in [0, 0.05) is 5.39 Å². The number of para-hydroxylation sites is 1. The van der Waals surface area contributed by atoms with E-state index in [1.807, 2.05) is 0 Å². The summed E-state index contributed by atoms with van der Waals surface area (Å²) in [7, 11) is 1.24. The monoisotopic (exact) mass is 332 g/mol. The van der Waals surface area contributed by atoms with E-state index in [0.29, 0.717) is 10.9 Å². The lowest BCUT2D eigenvalue weighted by molar-refractivity contribution is -0.155. The van der Waals surface area contributed by atoms with E-state index in [1.165, 1.54) is 11.8 Å². The lowest BCUT2D eigenvalue weighted by Crippen LogP contribution is -2.29. The number of carbonyl (C=O) groups excluding carboxylic acids is 2. The Labute approximate surface area is 139 Å². The number of aromatic nitrogens is 2. The van der Waals surface area contributed by atoms with Gasteiger partial charge in [-0.3, -0.25) is 19.1 Å². The third-order valence-electron chi connectivity index (χ3n) is 3.17. The second-order valence-corrected chi connectivity index (χ2v) is 6.29. The predicted octanol–water partition coefficient (Wildman–Crippen LogP) is 1.45. The summed E-state index contributed by atoms with van der Waals surface area (Å²) in [4.78, 5) is 36.0. The zero-order valence-corrected chi connectivity index (χ0v) is 14.2. The number of esters is 2. The molecule has 0 saturated carbocycles. The number of carbonyl (C=O) groups is 2. The van der Waals surface area contributed by atoms with Crippen LogP contribution in [0.15, 0.2) is 29.1 Å². The third-order valence-corrected chi connectivity index (χ3v) is 3.17. The summed E-state index contributed by atoms with van der Waals surface area (Å²) < 4.78 is 11.3. The van der Waals surface area contributed by atoms with E-state index in [9.17, 15) is 14.4 Å². The molecule has 0 atom stereocenters. The van der Waals surface area contributed by atoms with Crippen LogP contribution in [0.3, 0.4) is 0 Å². The van der Waals surface area contributed by atoms with E-state index >= 15 is 0 Å². The highest BCUT2D eigenvalue weighted by Gasteiger charge is 2.19. The van der Waals surface area contributed by atoms with Gasteiger partial charge in [0.1, 0.15) is 17.8 Å². The summed E-state index contributed by atoms with van der Waals surface area (Å²) in [5, 5.41) is 4.55. The number of nitrogens with zero attached hydrogens (tertiary/aromatic N) is 2. The Hall–Kier alpha value is -2.70. The topological polar surface area (TPSA) is 87.5 Å². The van der Waals surface area contributed by atoms with Crippen molar-refractivity contribution in [2.75, 3.05) is 7.11 Å². The summed E-state index contributed by atoms with van der Waals surface area (Å²) >= 11 is 0. The van der Waals surface area contributed by atoms with Gasteiger partial charge in [-0.15, -0.1) is 0 Å². The molecule has 1 aromatic carbocycles. The standard InChI is InChI=1S/C17H20N2O5/c1-17(2,3)24-15(21)10-19-13-8-6-5-7-11(13)16(22)12(18-19)9-14(20)23-4/h5-8H,9-10H2,1-4H3. The number of fused-ring (bicyclic) bond motifs is 1. The first-order valence-electron chi connectivity index (χ1n) is 7.48. The van der Waals surface area contributed by atoms with Crippen LogP contribution < -0.4 is 5.43 Å². The van der Waals surface area contributed by atoms with E-state index in [2.05, 4.69) is 9.84 Å². The van der Waals surface area contributed by atoms with Crippen LogP contribution in [0.4, 0.5) is 0 Å². The molecule has 7 heteroatoms. The summed E-state index contributed by atoms with van der Waals surface area (Å²) in [6.45, 7) is 5.14. The Morgan fingerprint density at radius 2 is 1.83 bits per heavy atom. The normalized spacial score (nSPS) is 11.3. The molecule has 0 fully saturated rings. The minimum atomic E-state index is -0.624. The van der Waals surface area contributed by atoms with E-state index in [0.717, 1.165) is 0 Å². The first-order chi connectivity index (χ1) is 11.2. The Bertz CT molecular complexity index is 833. The van der Waals surface area contributed by atoms with E-state index < -0.39 is 17.5 Å². The molecule has 0 bridgehead atoms. The van der Waals surface area contributed by atoms with Crippen molar-refractivity contribution >= 4 is 22.8 Å². The van der Waals surface area contributed by atoms with E-state index in [4.69, 9.17) is 4.74 Å². The second kappa shape index (κ2) is 6.82. The first-order valence-corrected chi connectivity index (χ1v) is 7.48. The molecule has 0 radical (unpaired) electrons. The Kier molecular flexibility index (Phi) is 5.02. The maximum absolute atomic E-state index is 12.4. The molecule has 2 rings (SSSR count). The van der Waals surface area contributed by atoms with Gasteiger partial charge in [0.2, 0.25) is 5.43 Å². The van der Waals surface area contributed by atoms with Crippen LogP contribution >= 0.6 is 0 Å². The molecule has 0 saturated heterocycles. The van der Waals surface area contributed by atoms with Gasteiger partial charge in [0.05, 0.1) is 19.0 Å². The molecule has 2 aromatic rings. The molecule has 1 heterocycles. The van der Waals surface area contributed by atoms with Crippen LogP contribution in [0.25, 0.3) is 10.9 Å². The fourth-order valence-corrected chi connectivity index (χ4v) is 2.23. The van der Waals surface area contributed by atoms with Crippen LogP contribution in [0.1, 0.15) is 26.5 Å². The van der Waals surface area contributed by atoms with E-state index in [-0.39, 0.29) is 24.1 Å². The highest BCUT2D eigenvalue weighted by Crippen LogP contribution is 2.12. The van der Waals surface area contributed by atoms with Crippen molar-refractivity contribution in [3.8, 4) is 0 Å². The number of ether oxygens (including phenoxy) is 2. The molecule has 0 spiro atoms. The number of hydrogen-bond donors (Lipinski definition) is 0. The summed E-state index contributed by atoms with van der Waals surface area (Å²) in [6.07, 6.45) is -0.255. The largest absolute Gasteiger partial charge is 0.469 e.